The van der Waals surface area contributed by atoms with Crippen molar-refractivity contribution >= 4 is 6.01 Å². The van der Waals surface area contributed by atoms with Crippen LogP contribution in [0.3, 0.4) is 0 Å². The molecule has 0 fully saturated rings. The minimum absolute atomic E-state index is 0.273. The van der Waals surface area contributed by atoms with Crippen LogP contribution in [0, 0.1) is 6.92 Å². The summed E-state index contributed by atoms with van der Waals surface area (Å²) < 4.78 is 4.87. The van der Waals surface area contributed by atoms with E-state index >= 15 is 0 Å². The Bertz CT molecular complexity index is 235. The van der Waals surface area contributed by atoms with E-state index in [1.807, 2.05) is 6.92 Å². The van der Waals surface area contributed by atoms with Crippen LogP contribution in [0.2, 0.25) is 0 Å². The SMILES string of the molecule is Cc1noc(NC(C)CCN)n1. The van der Waals surface area contributed by atoms with E-state index in [1.165, 1.54) is 0 Å². The number of nitrogens with one attached hydrogen (secondary N) is 1. The number of rotatable bonds is 4. The predicted molar refractivity (Wildman–Crippen MR) is 45.8 cm³/mol. The number of nitrogens with two attached hydrogens (primary N) is 1. The maximum Gasteiger partial charge on any atom is 0.321 e. The summed E-state index contributed by atoms with van der Waals surface area (Å²) in [7, 11) is 0. The second kappa shape index (κ2) is 4.06. The highest BCUT2D eigenvalue weighted by Gasteiger charge is 2.05. The Balaban J connectivity index is 2.41. The molecule has 68 valence electrons. The Morgan fingerprint density at radius 3 is 2.92 bits per heavy atom. The van der Waals surface area contributed by atoms with Crippen LogP contribution in [0.4, 0.5) is 6.01 Å². The van der Waals surface area contributed by atoms with E-state index in [1.54, 1.807) is 6.92 Å². The summed E-state index contributed by atoms with van der Waals surface area (Å²) in [4.78, 5) is 4.00. The quantitative estimate of drug-likeness (QED) is 0.689. The molecule has 0 bridgehead atoms. The Morgan fingerprint density at radius 1 is 1.67 bits per heavy atom. The van der Waals surface area contributed by atoms with Crippen LogP contribution in [-0.2, 0) is 0 Å². The van der Waals surface area contributed by atoms with E-state index in [2.05, 4.69) is 15.5 Å². The molecule has 0 saturated carbocycles. The van der Waals surface area contributed by atoms with Crippen molar-refractivity contribution in [3.63, 3.8) is 0 Å². The normalized spacial score (nSPS) is 12.9. The first-order chi connectivity index (χ1) is 5.72. The fourth-order valence-electron chi connectivity index (χ4n) is 0.889. The van der Waals surface area contributed by atoms with Crippen LogP contribution in [0.1, 0.15) is 19.2 Å². The minimum atomic E-state index is 0.273. The largest absolute Gasteiger partial charge is 0.335 e. The summed E-state index contributed by atoms with van der Waals surface area (Å²) in [6.07, 6.45) is 0.890. The van der Waals surface area contributed by atoms with Crippen molar-refractivity contribution in [3.05, 3.63) is 5.82 Å². The van der Waals surface area contributed by atoms with Crippen LogP contribution in [0.15, 0.2) is 4.52 Å². The van der Waals surface area contributed by atoms with Crippen molar-refractivity contribution in [1.82, 2.24) is 10.1 Å². The summed E-state index contributed by atoms with van der Waals surface area (Å²) in [5.74, 6) is 0.637. The smallest absolute Gasteiger partial charge is 0.321 e. The highest BCUT2D eigenvalue weighted by molar-refractivity contribution is 5.19. The Hall–Kier alpha value is -1.10. The summed E-state index contributed by atoms with van der Waals surface area (Å²) in [5, 5.41) is 6.69. The molecule has 0 aliphatic heterocycles. The second-order valence-electron chi connectivity index (χ2n) is 2.77. The average Bonchev–Trinajstić information content (AvgIpc) is 2.36. The maximum atomic E-state index is 5.38. The van der Waals surface area contributed by atoms with Gasteiger partial charge in [-0.15, -0.1) is 0 Å². The highest BCUT2D eigenvalue weighted by Crippen LogP contribution is 2.05. The third-order valence-electron chi connectivity index (χ3n) is 1.50. The van der Waals surface area contributed by atoms with Gasteiger partial charge >= 0.3 is 6.01 Å². The van der Waals surface area contributed by atoms with Crippen LogP contribution in [-0.4, -0.2) is 22.7 Å². The summed E-state index contributed by atoms with van der Waals surface area (Å²) in [6, 6.07) is 0.739. The molecule has 1 aromatic rings. The third kappa shape index (κ3) is 2.50. The number of aromatic nitrogens is 2. The maximum absolute atomic E-state index is 5.38. The molecule has 1 rings (SSSR count). The average molecular weight is 170 g/mol. The predicted octanol–water partition coefficient (Wildman–Crippen LogP) is 0.527. The van der Waals surface area contributed by atoms with Gasteiger partial charge in [-0.25, -0.2) is 0 Å². The zero-order valence-electron chi connectivity index (χ0n) is 7.37. The second-order valence-corrected chi connectivity index (χ2v) is 2.77. The minimum Gasteiger partial charge on any atom is -0.335 e. The zero-order chi connectivity index (χ0) is 8.97. The lowest BCUT2D eigenvalue weighted by molar-refractivity contribution is 0.421. The van der Waals surface area contributed by atoms with Gasteiger partial charge in [0.25, 0.3) is 0 Å². The van der Waals surface area contributed by atoms with Crippen molar-refractivity contribution in [2.45, 2.75) is 26.3 Å². The van der Waals surface area contributed by atoms with Gasteiger partial charge in [-0.2, -0.15) is 4.98 Å². The summed E-state index contributed by atoms with van der Waals surface area (Å²) in [5.41, 5.74) is 5.38. The lowest BCUT2D eigenvalue weighted by Crippen LogP contribution is -2.19. The number of hydrogen-bond donors (Lipinski definition) is 2. The molecule has 12 heavy (non-hydrogen) atoms. The van der Waals surface area contributed by atoms with Crippen LogP contribution < -0.4 is 11.1 Å². The first-order valence-corrected chi connectivity index (χ1v) is 3.99. The highest BCUT2D eigenvalue weighted by atomic mass is 16.5. The molecule has 1 atom stereocenters. The van der Waals surface area contributed by atoms with Gasteiger partial charge in [0.05, 0.1) is 0 Å². The van der Waals surface area contributed by atoms with Crippen molar-refractivity contribution in [2.75, 3.05) is 11.9 Å². The topological polar surface area (TPSA) is 77.0 Å². The van der Waals surface area contributed by atoms with E-state index < -0.39 is 0 Å². The Labute approximate surface area is 71.3 Å². The lowest BCUT2D eigenvalue weighted by Gasteiger charge is -2.08. The molecule has 0 saturated heterocycles. The van der Waals surface area contributed by atoms with Gasteiger partial charge in [0.2, 0.25) is 0 Å². The molecular formula is C7H14N4O. The number of anilines is 1. The molecule has 0 aromatic carbocycles. The van der Waals surface area contributed by atoms with E-state index in [9.17, 15) is 0 Å². The molecule has 1 heterocycles. The van der Waals surface area contributed by atoms with Gasteiger partial charge in [-0.3, -0.25) is 0 Å². The van der Waals surface area contributed by atoms with E-state index in [4.69, 9.17) is 10.3 Å². The summed E-state index contributed by atoms with van der Waals surface area (Å²) >= 11 is 0. The molecule has 1 aromatic heterocycles. The molecule has 0 aliphatic rings. The first kappa shape index (κ1) is 8.99. The third-order valence-corrected chi connectivity index (χ3v) is 1.50. The van der Waals surface area contributed by atoms with Gasteiger partial charge in [0, 0.05) is 6.04 Å². The molecule has 0 aliphatic carbocycles. The van der Waals surface area contributed by atoms with E-state index in [0.29, 0.717) is 18.4 Å². The Morgan fingerprint density at radius 2 is 2.42 bits per heavy atom. The van der Waals surface area contributed by atoms with Crippen molar-refractivity contribution in [2.24, 2.45) is 5.73 Å². The number of nitrogens with zero attached hydrogens (tertiary/aromatic N) is 2. The molecule has 0 amide bonds. The fraction of sp³-hybridized carbons (Fsp3) is 0.714. The number of aryl methyl sites for hydroxylation is 1. The first-order valence-electron chi connectivity index (χ1n) is 3.99. The number of hydrogen-bond acceptors (Lipinski definition) is 5. The van der Waals surface area contributed by atoms with Gasteiger partial charge in [0.15, 0.2) is 5.82 Å². The van der Waals surface area contributed by atoms with Crippen LogP contribution in [0.5, 0.6) is 0 Å². The van der Waals surface area contributed by atoms with Crippen molar-refractivity contribution in [3.8, 4) is 0 Å². The standard InChI is InChI=1S/C7H14N4O/c1-5(3-4-8)9-7-10-6(2)11-12-7/h5H,3-4,8H2,1-2H3,(H,9,10,11). The van der Waals surface area contributed by atoms with Crippen molar-refractivity contribution in [1.29, 1.82) is 0 Å². The molecule has 3 N–H and O–H groups in total. The van der Waals surface area contributed by atoms with Crippen LogP contribution >= 0.6 is 0 Å². The molecule has 0 radical (unpaired) electrons. The Kier molecular flexibility index (Phi) is 3.04. The van der Waals surface area contributed by atoms with E-state index in [0.717, 1.165) is 6.42 Å². The van der Waals surface area contributed by atoms with Gasteiger partial charge in [0.1, 0.15) is 0 Å². The zero-order valence-corrected chi connectivity index (χ0v) is 7.37. The van der Waals surface area contributed by atoms with Crippen molar-refractivity contribution < 1.29 is 4.52 Å². The molecule has 5 nitrogen and oxygen atoms in total. The monoisotopic (exact) mass is 170 g/mol. The lowest BCUT2D eigenvalue weighted by atomic mass is 10.2. The van der Waals surface area contributed by atoms with Gasteiger partial charge in [-0.1, -0.05) is 5.16 Å². The molecule has 5 heteroatoms. The molecular weight excluding hydrogens is 156 g/mol. The molecule has 0 spiro atoms. The van der Waals surface area contributed by atoms with Crippen LogP contribution in [0.25, 0.3) is 0 Å². The van der Waals surface area contributed by atoms with E-state index in [-0.39, 0.29) is 6.04 Å². The molecule has 1 unspecified atom stereocenters. The van der Waals surface area contributed by atoms with Gasteiger partial charge in [-0.05, 0) is 26.8 Å². The summed E-state index contributed by atoms with van der Waals surface area (Å²) in [6.45, 7) is 4.45. The van der Waals surface area contributed by atoms with Gasteiger partial charge < -0.3 is 15.6 Å². The fourth-order valence-corrected chi connectivity index (χ4v) is 0.889.